The number of nitrogens with two attached hydrogens (primary N) is 1. The number of methoxy groups -OCH3 is 1. The molecule has 1 atom stereocenters. The van der Waals surface area contributed by atoms with E-state index in [9.17, 15) is 4.39 Å². The lowest BCUT2D eigenvalue weighted by Crippen LogP contribution is -2.13. The number of ether oxygens (including phenoxy) is 1. The highest BCUT2D eigenvalue weighted by Gasteiger charge is 2.16. The van der Waals surface area contributed by atoms with Gasteiger partial charge >= 0.3 is 0 Å². The second kappa shape index (κ2) is 6.07. The molecule has 0 bridgehead atoms. The molecule has 0 aliphatic carbocycles. The van der Waals surface area contributed by atoms with Crippen molar-refractivity contribution in [3.8, 4) is 5.75 Å². The molecular formula is C14H12ClFINO. The van der Waals surface area contributed by atoms with E-state index in [2.05, 4.69) is 22.6 Å². The Bertz CT molecular complexity index is 606. The third-order valence-electron chi connectivity index (χ3n) is 2.83. The third-order valence-corrected chi connectivity index (χ3v) is 4.40. The zero-order valence-electron chi connectivity index (χ0n) is 10.2. The second-order valence-electron chi connectivity index (χ2n) is 4.04. The van der Waals surface area contributed by atoms with E-state index < -0.39 is 6.04 Å². The first kappa shape index (κ1) is 14.6. The zero-order chi connectivity index (χ0) is 14.0. The molecule has 2 rings (SSSR count). The maximum absolute atomic E-state index is 13.4. The Morgan fingerprint density at radius 2 is 2.00 bits per heavy atom. The van der Waals surface area contributed by atoms with Gasteiger partial charge in [-0.3, -0.25) is 0 Å². The van der Waals surface area contributed by atoms with Crippen molar-refractivity contribution in [1.82, 2.24) is 0 Å². The van der Waals surface area contributed by atoms with Crippen molar-refractivity contribution in [3.63, 3.8) is 0 Å². The molecule has 5 heteroatoms. The van der Waals surface area contributed by atoms with Gasteiger partial charge in [-0.25, -0.2) is 4.39 Å². The molecule has 100 valence electrons. The zero-order valence-corrected chi connectivity index (χ0v) is 13.1. The van der Waals surface area contributed by atoms with E-state index in [0.717, 1.165) is 9.13 Å². The summed E-state index contributed by atoms with van der Waals surface area (Å²) in [5, 5.41) is 0.629. The number of rotatable bonds is 3. The highest BCUT2D eigenvalue weighted by molar-refractivity contribution is 14.1. The summed E-state index contributed by atoms with van der Waals surface area (Å²) in [6, 6.07) is 9.36. The second-order valence-corrected chi connectivity index (χ2v) is 5.61. The van der Waals surface area contributed by atoms with Gasteiger partial charge in [0.25, 0.3) is 0 Å². The number of hydrogen-bond donors (Lipinski definition) is 1. The van der Waals surface area contributed by atoms with Crippen molar-refractivity contribution in [2.45, 2.75) is 6.04 Å². The molecule has 2 N–H and O–H groups in total. The van der Waals surface area contributed by atoms with Crippen molar-refractivity contribution >= 4 is 34.2 Å². The molecular weight excluding hydrogens is 380 g/mol. The predicted octanol–water partition coefficient (Wildman–Crippen LogP) is 4.14. The van der Waals surface area contributed by atoms with Gasteiger partial charge in [-0.15, -0.1) is 0 Å². The summed E-state index contributed by atoms with van der Waals surface area (Å²) in [5.41, 5.74) is 7.58. The van der Waals surface area contributed by atoms with Gasteiger partial charge in [-0.05, 0) is 58.5 Å². The van der Waals surface area contributed by atoms with Gasteiger partial charge in [0.15, 0.2) is 0 Å². The van der Waals surface area contributed by atoms with E-state index in [0.29, 0.717) is 16.3 Å². The van der Waals surface area contributed by atoms with E-state index in [1.807, 2.05) is 12.1 Å². The lowest BCUT2D eigenvalue weighted by atomic mass is 9.98. The smallest absolute Gasteiger partial charge is 0.124 e. The van der Waals surface area contributed by atoms with Crippen LogP contribution in [0.25, 0.3) is 0 Å². The Morgan fingerprint density at radius 1 is 1.26 bits per heavy atom. The van der Waals surface area contributed by atoms with Crippen molar-refractivity contribution < 1.29 is 9.13 Å². The van der Waals surface area contributed by atoms with Crippen molar-refractivity contribution in [1.29, 1.82) is 0 Å². The van der Waals surface area contributed by atoms with E-state index >= 15 is 0 Å². The van der Waals surface area contributed by atoms with Crippen LogP contribution in [0, 0.1) is 9.39 Å². The summed E-state index contributed by atoms with van der Waals surface area (Å²) in [7, 11) is 1.53. The topological polar surface area (TPSA) is 35.2 Å². The number of halogens is 3. The lowest BCUT2D eigenvalue weighted by molar-refractivity contribution is 0.406. The van der Waals surface area contributed by atoms with Gasteiger partial charge in [0, 0.05) is 9.13 Å². The molecule has 0 aliphatic heterocycles. The van der Waals surface area contributed by atoms with Gasteiger partial charge in [-0.1, -0.05) is 17.7 Å². The third kappa shape index (κ3) is 3.19. The van der Waals surface area contributed by atoms with Crippen LogP contribution in [0.1, 0.15) is 17.2 Å². The summed E-state index contributed by atoms with van der Waals surface area (Å²) in [4.78, 5) is 0. The Hall–Kier alpha value is -0.850. The SMILES string of the molecule is COc1ccc(F)cc1C(N)c1ccc(I)c(Cl)c1. The first-order valence-electron chi connectivity index (χ1n) is 5.57. The molecule has 19 heavy (non-hydrogen) atoms. The van der Waals surface area contributed by atoms with Crippen LogP contribution in [0.3, 0.4) is 0 Å². The first-order chi connectivity index (χ1) is 9.02. The van der Waals surface area contributed by atoms with Crippen LogP contribution in [-0.4, -0.2) is 7.11 Å². The largest absolute Gasteiger partial charge is 0.496 e. The van der Waals surface area contributed by atoms with E-state index in [-0.39, 0.29) is 5.82 Å². The van der Waals surface area contributed by atoms with Crippen LogP contribution in [0.15, 0.2) is 36.4 Å². The molecule has 1 unspecified atom stereocenters. The van der Waals surface area contributed by atoms with Gasteiger partial charge in [-0.2, -0.15) is 0 Å². The Balaban J connectivity index is 2.45. The molecule has 0 amide bonds. The molecule has 2 aromatic carbocycles. The average Bonchev–Trinajstić information content (AvgIpc) is 2.41. The Labute approximate surface area is 129 Å². The van der Waals surface area contributed by atoms with Crippen LogP contribution < -0.4 is 10.5 Å². The molecule has 0 radical (unpaired) electrons. The molecule has 0 saturated heterocycles. The highest BCUT2D eigenvalue weighted by atomic mass is 127. The number of hydrogen-bond acceptors (Lipinski definition) is 2. The fourth-order valence-corrected chi connectivity index (χ4v) is 2.36. The van der Waals surface area contributed by atoms with Gasteiger partial charge in [0.1, 0.15) is 11.6 Å². The van der Waals surface area contributed by atoms with E-state index in [1.54, 1.807) is 12.1 Å². The normalized spacial score (nSPS) is 12.3. The summed E-state index contributed by atoms with van der Waals surface area (Å²) >= 11 is 8.22. The van der Waals surface area contributed by atoms with E-state index in [1.165, 1.54) is 19.2 Å². The quantitative estimate of drug-likeness (QED) is 0.798. The summed E-state index contributed by atoms with van der Waals surface area (Å²) in [6.07, 6.45) is 0. The molecule has 0 aromatic heterocycles. The fourth-order valence-electron chi connectivity index (χ4n) is 1.83. The minimum atomic E-state index is -0.486. The van der Waals surface area contributed by atoms with Crippen LogP contribution in [0.5, 0.6) is 5.75 Å². The first-order valence-corrected chi connectivity index (χ1v) is 7.02. The molecule has 0 saturated carbocycles. The average molecular weight is 392 g/mol. The molecule has 2 nitrogen and oxygen atoms in total. The molecule has 2 aromatic rings. The monoisotopic (exact) mass is 391 g/mol. The summed E-state index contributed by atoms with van der Waals surface area (Å²) in [6.45, 7) is 0. The van der Waals surface area contributed by atoms with Gasteiger partial charge in [0.2, 0.25) is 0 Å². The predicted molar refractivity (Wildman–Crippen MR) is 83.2 cm³/mol. The van der Waals surface area contributed by atoms with Crippen molar-refractivity contribution in [2.24, 2.45) is 5.73 Å². The minimum Gasteiger partial charge on any atom is -0.496 e. The van der Waals surface area contributed by atoms with Crippen LogP contribution >= 0.6 is 34.2 Å². The van der Waals surface area contributed by atoms with Crippen LogP contribution in [0.2, 0.25) is 5.02 Å². The standard InChI is InChI=1S/C14H12ClFINO/c1-19-13-5-3-9(16)7-10(13)14(18)8-2-4-12(17)11(15)6-8/h2-7,14H,18H2,1H3. The highest BCUT2D eigenvalue weighted by Crippen LogP contribution is 2.31. The molecule has 0 heterocycles. The van der Waals surface area contributed by atoms with Crippen molar-refractivity contribution in [2.75, 3.05) is 7.11 Å². The minimum absolute atomic E-state index is 0.345. The van der Waals surface area contributed by atoms with Gasteiger partial charge < -0.3 is 10.5 Å². The Morgan fingerprint density at radius 3 is 2.63 bits per heavy atom. The van der Waals surface area contributed by atoms with Gasteiger partial charge in [0.05, 0.1) is 18.2 Å². The molecule has 0 spiro atoms. The maximum Gasteiger partial charge on any atom is 0.124 e. The summed E-state index contributed by atoms with van der Waals surface area (Å²) in [5.74, 6) is 0.214. The Kier molecular flexibility index (Phi) is 4.65. The fraction of sp³-hybridized carbons (Fsp3) is 0.143. The van der Waals surface area contributed by atoms with Crippen molar-refractivity contribution in [3.05, 3.63) is 61.9 Å². The van der Waals surface area contributed by atoms with Crippen LogP contribution in [-0.2, 0) is 0 Å². The number of benzene rings is 2. The maximum atomic E-state index is 13.4. The molecule has 0 aliphatic rings. The summed E-state index contributed by atoms with van der Waals surface area (Å²) < 4.78 is 19.5. The molecule has 0 fully saturated rings. The van der Waals surface area contributed by atoms with Crippen LogP contribution in [0.4, 0.5) is 4.39 Å². The van der Waals surface area contributed by atoms with E-state index in [4.69, 9.17) is 22.1 Å². The lowest BCUT2D eigenvalue weighted by Gasteiger charge is -2.16.